The lowest BCUT2D eigenvalue weighted by Crippen LogP contribution is -2.40. The lowest BCUT2D eigenvalue weighted by Gasteiger charge is -2.33. The summed E-state index contributed by atoms with van der Waals surface area (Å²) in [7, 11) is 0. The first-order valence-corrected chi connectivity index (χ1v) is 8.25. The Balaban J connectivity index is 1.65. The number of hydrogen-bond acceptors (Lipinski definition) is 3. The summed E-state index contributed by atoms with van der Waals surface area (Å²) in [6, 6.07) is 5.98. The molecule has 0 fully saturated rings. The molecule has 0 saturated carbocycles. The van der Waals surface area contributed by atoms with Crippen LogP contribution in [0.4, 0.5) is 4.39 Å². The van der Waals surface area contributed by atoms with E-state index in [2.05, 4.69) is 11.4 Å². The van der Waals surface area contributed by atoms with Crippen molar-refractivity contribution < 1.29 is 13.9 Å². The summed E-state index contributed by atoms with van der Waals surface area (Å²) in [4.78, 5) is 15.5. The van der Waals surface area contributed by atoms with Gasteiger partial charge in [0.25, 0.3) is 5.91 Å². The second-order valence-electron chi connectivity index (χ2n) is 5.18. The van der Waals surface area contributed by atoms with Crippen LogP contribution in [0.25, 0.3) is 0 Å². The van der Waals surface area contributed by atoms with E-state index in [1.165, 1.54) is 28.6 Å². The van der Waals surface area contributed by atoms with E-state index < -0.39 is 5.82 Å². The molecule has 22 heavy (non-hydrogen) atoms. The van der Waals surface area contributed by atoms with E-state index >= 15 is 0 Å². The molecule has 1 aliphatic rings. The van der Waals surface area contributed by atoms with Crippen LogP contribution in [0.2, 0.25) is 5.02 Å². The number of carbonyl (C=O) groups excluding carboxylic acids is 1. The Morgan fingerprint density at radius 2 is 2.32 bits per heavy atom. The van der Waals surface area contributed by atoms with Crippen molar-refractivity contribution in [3.63, 3.8) is 0 Å². The highest BCUT2D eigenvalue weighted by Gasteiger charge is 2.28. The van der Waals surface area contributed by atoms with E-state index in [1.54, 1.807) is 11.3 Å². The molecule has 116 valence electrons. The summed E-state index contributed by atoms with van der Waals surface area (Å²) in [5.41, 5.74) is 1.21. The number of halogens is 2. The van der Waals surface area contributed by atoms with Crippen molar-refractivity contribution in [1.82, 2.24) is 4.90 Å². The standard InChI is InChI=1S/C16H15ClFNO2S/c1-10-12-5-7-22-15(12)4-6-19(10)16(20)9-21-14-3-2-11(18)8-13(14)17/h2-3,5,7-8,10H,4,6,9H2,1H3/t10-/m1/s1. The van der Waals surface area contributed by atoms with Gasteiger partial charge in [0.1, 0.15) is 11.6 Å². The molecule has 6 heteroatoms. The molecule has 1 amide bonds. The van der Waals surface area contributed by atoms with Crippen LogP contribution in [0.15, 0.2) is 29.6 Å². The number of ether oxygens (including phenoxy) is 1. The van der Waals surface area contributed by atoms with Crippen LogP contribution in [0, 0.1) is 5.82 Å². The molecule has 0 radical (unpaired) electrons. The SMILES string of the molecule is C[C@@H]1c2ccsc2CCN1C(=O)COc1ccc(F)cc1Cl. The monoisotopic (exact) mass is 339 g/mol. The lowest BCUT2D eigenvalue weighted by molar-refractivity contribution is -0.135. The quantitative estimate of drug-likeness (QED) is 0.843. The van der Waals surface area contributed by atoms with Crippen molar-refractivity contribution in [3.8, 4) is 5.75 Å². The predicted octanol–water partition coefficient (Wildman–Crippen LogP) is 4.07. The smallest absolute Gasteiger partial charge is 0.261 e. The molecule has 0 spiro atoms. The van der Waals surface area contributed by atoms with Gasteiger partial charge in [-0.2, -0.15) is 0 Å². The van der Waals surface area contributed by atoms with Gasteiger partial charge in [-0.1, -0.05) is 11.6 Å². The van der Waals surface area contributed by atoms with E-state index in [-0.39, 0.29) is 23.6 Å². The molecule has 0 unspecified atom stereocenters. The Morgan fingerprint density at radius 1 is 1.50 bits per heavy atom. The summed E-state index contributed by atoms with van der Waals surface area (Å²) in [5, 5.41) is 2.23. The lowest BCUT2D eigenvalue weighted by atomic mass is 10.0. The molecular weight excluding hydrogens is 325 g/mol. The van der Waals surface area contributed by atoms with Crippen LogP contribution < -0.4 is 4.74 Å². The van der Waals surface area contributed by atoms with Gasteiger partial charge >= 0.3 is 0 Å². The molecule has 2 heterocycles. The van der Waals surface area contributed by atoms with Gasteiger partial charge in [0, 0.05) is 11.4 Å². The fourth-order valence-corrected chi connectivity index (χ4v) is 3.85. The summed E-state index contributed by atoms with van der Waals surface area (Å²) in [6.07, 6.45) is 0.875. The third-order valence-electron chi connectivity index (χ3n) is 3.84. The van der Waals surface area contributed by atoms with E-state index in [4.69, 9.17) is 16.3 Å². The maximum Gasteiger partial charge on any atom is 0.261 e. The van der Waals surface area contributed by atoms with Gasteiger partial charge < -0.3 is 9.64 Å². The molecule has 0 saturated heterocycles. The molecule has 2 aromatic rings. The highest BCUT2D eigenvalue weighted by Crippen LogP contribution is 2.33. The summed E-state index contributed by atoms with van der Waals surface area (Å²) >= 11 is 7.63. The van der Waals surface area contributed by atoms with E-state index in [9.17, 15) is 9.18 Å². The van der Waals surface area contributed by atoms with Gasteiger partial charge in [0.05, 0.1) is 11.1 Å². The zero-order valence-electron chi connectivity index (χ0n) is 12.0. The number of carbonyl (C=O) groups is 1. The van der Waals surface area contributed by atoms with E-state index in [0.717, 1.165) is 6.42 Å². The minimum atomic E-state index is -0.432. The molecule has 1 aromatic heterocycles. The van der Waals surface area contributed by atoms with Crippen molar-refractivity contribution in [1.29, 1.82) is 0 Å². The van der Waals surface area contributed by atoms with Gasteiger partial charge in [-0.15, -0.1) is 11.3 Å². The predicted molar refractivity (Wildman–Crippen MR) is 85.1 cm³/mol. The fraction of sp³-hybridized carbons (Fsp3) is 0.312. The number of amides is 1. The third kappa shape index (κ3) is 2.96. The minimum Gasteiger partial charge on any atom is -0.482 e. The van der Waals surface area contributed by atoms with Crippen molar-refractivity contribution in [2.45, 2.75) is 19.4 Å². The van der Waals surface area contributed by atoms with Crippen LogP contribution in [0.1, 0.15) is 23.4 Å². The first kappa shape index (κ1) is 15.3. The highest BCUT2D eigenvalue weighted by molar-refractivity contribution is 7.10. The van der Waals surface area contributed by atoms with Crippen molar-refractivity contribution >= 4 is 28.8 Å². The Bertz CT molecular complexity index is 703. The second-order valence-corrected chi connectivity index (χ2v) is 6.58. The van der Waals surface area contributed by atoms with Gasteiger partial charge in [0.15, 0.2) is 6.61 Å². The Labute approximate surface area is 137 Å². The molecule has 1 aromatic carbocycles. The number of rotatable bonds is 3. The Hall–Kier alpha value is -1.59. The summed E-state index contributed by atoms with van der Waals surface area (Å²) < 4.78 is 18.4. The van der Waals surface area contributed by atoms with Gasteiger partial charge in [-0.25, -0.2) is 4.39 Å². The average Bonchev–Trinajstić information content (AvgIpc) is 2.96. The van der Waals surface area contributed by atoms with Crippen LogP contribution >= 0.6 is 22.9 Å². The number of fused-ring (bicyclic) bond motifs is 1. The van der Waals surface area contributed by atoms with Crippen molar-refractivity contribution in [3.05, 3.63) is 50.9 Å². The Morgan fingerprint density at radius 3 is 3.09 bits per heavy atom. The molecule has 0 N–H and O–H groups in total. The maximum absolute atomic E-state index is 13.0. The normalized spacial score (nSPS) is 17.2. The van der Waals surface area contributed by atoms with Crippen molar-refractivity contribution in [2.75, 3.05) is 13.2 Å². The maximum atomic E-state index is 13.0. The fourth-order valence-electron chi connectivity index (χ4n) is 2.66. The molecule has 3 rings (SSSR count). The van der Waals surface area contributed by atoms with Gasteiger partial charge in [-0.05, 0) is 48.6 Å². The average molecular weight is 340 g/mol. The van der Waals surface area contributed by atoms with Crippen LogP contribution in [-0.4, -0.2) is 24.0 Å². The summed E-state index contributed by atoms with van der Waals surface area (Å²) in [6.45, 7) is 2.61. The second kappa shape index (κ2) is 6.26. The minimum absolute atomic E-state index is 0.0507. The zero-order chi connectivity index (χ0) is 15.7. The van der Waals surface area contributed by atoms with Crippen molar-refractivity contribution in [2.24, 2.45) is 0 Å². The molecule has 0 aliphatic carbocycles. The largest absolute Gasteiger partial charge is 0.482 e. The molecule has 0 bridgehead atoms. The first-order chi connectivity index (χ1) is 10.6. The van der Waals surface area contributed by atoms with Crippen LogP contribution in [0.3, 0.4) is 0 Å². The van der Waals surface area contributed by atoms with E-state index in [0.29, 0.717) is 12.3 Å². The third-order valence-corrected chi connectivity index (χ3v) is 5.13. The number of thiophene rings is 1. The Kier molecular flexibility index (Phi) is 4.36. The van der Waals surface area contributed by atoms with E-state index in [1.807, 2.05) is 11.8 Å². The topological polar surface area (TPSA) is 29.5 Å². The number of nitrogens with zero attached hydrogens (tertiary/aromatic N) is 1. The highest BCUT2D eigenvalue weighted by atomic mass is 35.5. The molecule has 1 atom stereocenters. The molecular formula is C16H15ClFNO2S. The zero-order valence-corrected chi connectivity index (χ0v) is 13.6. The molecule has 1 aliphatic heterocycles. The first-order valence-electron chi connectivity index (χ1n) is 7.00. The van der Waals surface area contributed by atoms with Gasteiger partial charge in [-0.3, -0.25) is 4.79 Å². The molecule has 3 nitrogen and oxygen atoms in total. The van der Waals surface area contributed by atoms with Crippen LogP contribution in [-0.2, 0) is 11.2 Å². The van der Waals surface area contributed by atoms with Gasteiger partial charge in [0.2, 0.25) is 0 Å². The number of hydrogen-bond donors (Lipinski definition) is 0. The number of benzene rings is 1. The van der Waals surface area contributed by atoms with Crippen LogP contribution in [0.5, 0.6) is 5.75 Å². The summed E-state index contributed by atoms with van der Waals surface area (Å²) in [5.74, 6) is -0.208.